The number of carboxylic acids is 1. The van der Waals surface area contributed by atoms with Crippen molar-refractivity contribution in [1.82, 2.24) is 15.5 Å². The van der Waals surface area contributed by atoms with Crippen LogP contribution in [0.4, 0.5) is 4.79 Å². The summed E-state index contributed by atoms with van der Waals surface area (Å²) in [5.74, 6) is -1.05. The van der Waals surface area contributed by atoms with Gasteiger partial charge in [0.05, 0.1) is 0 Å². The first kappa shape index (κ1) is 17.3. The first-order valence-corrected chi connectivity index (χ1v) is 7.27. The maximum atomic E-state index is 11.8. The van der Waals surface area contributed by atoms with Crippen LogP contribution in [0.2, 0.25) is 0 Å². The molecule has 3 N–H and O–H groups in total. The van der Waals surface area contributed by atoms with Crippen molar-refractivity contribution in [3.8, 4) is 0 Å². The van der Waals surface area contributed by atoms with Crippen LogP contribution in [0.15, 0.2) is 0 Å². The summed E-state index contributed by atoms with van der Waals surface area (Å²) in [6.45, 7) is 7.00. The van der Waals surface area contributed by atoms with Gasteiger partial charge in [0.2, 0.25) is 5.91 Å². The van der Waals surface area contributed by atoms with Gasteiger partial charge >= 0.3 is 12.0 Å². The maximum Gasteiger partial charge on any atom is 0.326 e. The molecule has 0 aromatic heterocycles. The third kappa shape index (κ3) is 5.61. The zero-order chi connectivity index (χ0) is 16.0. The molecule has 1 aliphatic rings. The maximum absolute atomic E-state index is 11.8. The summed E-state index contributed by atoms with van der Waals surface area (Å²) in [6, 6.07) is -1.54. The number of likely N-dealkylation sites (tertiary alicyclic amines) is 1. The Bertz CT molecular complexity index is 398. The summed E-state index contributed by atoms with van der Waals surface area (Å²) < 4.78 is 0. The highest BCUT2D eigenvalue weighted by atomic mass is 16.4. The molecule has 7 heteroatoms. The van der Waals surface area contributed by atoms with Crippen LogP contribution in [0.1, 0.15) is 40.0 Å². The molecule has 7 nitrogen and oxygen atoms in total. The number of urea groups is 1. The number of hydrogen-bond donors (Lipinski definition) is 3. The van der Waals surface area contributed by atoms with E-state index in [0.717, 1.165) is 25.9 Å². The van der Waals surface area contributed by atoms with Gasteiger partial charge in [0, 0.05) is 26.1 Å². The number of nitrogens with one attached hydrogen (secondary N) is 2. The topological polar surface area (TPSA) is 98.7 Å². The lowest BCUT2D eigenvalue weighted by Gasteiger charge is -2.27. The Morgan fingerprint density at radius 2 is 1.76 bits per heavy atom. The molecule has 0 spiro atoms. The average Bonchev–Trinajstić information content (AvgIpc) is 2.87. The number of rotatable bonds is 5. The fourth-order valence-corrected chi connectivity index (χ4v) is 2.24. The van der Waals surface area contributed by atoms with Crippen LogP contribution in [0, 0.1) is 5.41 Å². The molecule has 0 aliphatic carbocycles. The van der Waals surface area contributed by atoms with E-state index in [4.69, 9.17) is 5.11 Å². The van der Waals surface area contributed by atoms with Crippen molar-refractivity contribution in [1.29, 1.82) is 0 Å². The molecule has 0 aromatic carbocycles. The van der Waals surface area contributed by atoms with Crippen LogP contribution in [-0.4, -0.2) is 53.6 Å². The molecule has 0 saturated carbocycles. The number of carbonyl (C=O) groups excluding carboxylic acids is 2. The molecule has 0 aromatic rings. The molecule has 1 heterocycles. The molecule has 120 valence electrons. The summed E-state index contributed by atoms with van der Waals surface area (Å²) in [5, 5.41) is 14.1. The van der Waals surface area contributed by atoms with E-state index >= 15 is 0 Å². The quantitative estimate of drug-likeness (QED) is 0.699. The number of nitrogens with zero attached hydrogens (tertiary/aromatic N) is 1. The van der Waals surface area contributed by atoms with Gasteiger partial charge in [-0.2, -0.15) is 0 Å². The highest BCUT2D eigenvalue weighted by molar-refractivity contribution is 5.83. The van der Waals surface area contributed by atoms with Crippen molar-refractivity contribution in [2.75, 3.05) is 19.6 Å². The molecule has 0 radical (unpaired) electrons. The fraction of sp³-hybridized carbons (Fsp3) is 0.786. The van der Waals surface area contributed by atoms with E-state index in [9.17, 15) is 14.4 Å². The van der Waals surface area contributed by atoms with E-state index in [1.807, 2.05) is 0 Å². The van der Waals surface area contributed by atoms with Gasteiger partial charge in [-0.25, -0.2) is 9.59 Å². The Morgan fingerprint density at radius 3 is 2.24 bits per heavy atom. The predicted molar refractivity (Wildman–Crippen MR) is 77.8 cm³/mol. The largest absolute Gasteiger partial charge is 0.480 e. The third-order valence-corrected chi connectivity index (χ3v) is 3.47. The van der Waals surface area contributed by atoms with E-state index in [2.05, 4.69) is 10.6 Å². The number of hydrogen-bond acceptors (Lipinski definition) is 3. The number of carboxylic acid groups (broad SMARTS) is 1. The van der Waals surface area contributed by atoms with Gasteiger partial charge in [-0.05, 0) is 18.3 Å². The first-order chi connectivity index (χ1) is 9.71. The van der Waals surface area contributed by atoms with Gasteiger partial charge in [-0.1, -0.05) is 20.8 Å². The highest BCUT2D eigenvalue weighted by Crippen LogP contribution is 2.19. The van der Waals surface area contributed by atoms with Crippen molar-refractivity contribution in [3.05, 3.63) is 0 Å². The minimum Gasteiger partial charge on any atom is -0.480 e. The molecule has 1 atom stereocenters. The smallest absolute Gasteiger partial charge is 0.326 e. The predicted octanol–water partition coefficient (Wildman–Crippen LogP) is 0.797. The molecule has 3 amide bonds. The van der Waals surface area contributed by atoms with Crippen molar-refractivity contribution >= 4 is 17.9 Å². The molecular formula is C14H25N3O4. The van der Waals surface area contributed by atoms with E-state index in [0.29, 0.717) is 0 Å². The second-order valence-corrected chi connectivity index (χ2v) is 6.38. The Morgan fingerprint density at radius 1 is 1.19 bits per heavy atom. The van der Waals surface area contributed by atoms with Crippen molar-refractivity contribution < 1.29 is 19.5 Å². The Balaban J connectivity index is 2.33. The lowest BCUT2D eigenvalue weighted by molar-refractivity contribution is -0.142. The zero-order valence-corrected chi connectivity index (χ0v) is 12.9. The minimum atomic E-state index is -1.08. The van der Waals surface area contributed by atoms with Crippen LogP contribution in [0.5, 0.6) is 0 Å². The van der Waals surface area contributed by atoms with Crippen LogP contribution in [0.3, 0.4) is 0 Å². The highest BCUT2D eigenvalue weighted by Gasteiger charge is 2.32. The SMILES string of the molecule is CC(C)(C)C(NC(=O)NCCC(=O)N1CCCC1)C(=O)O. The van der Waals surface area contributed by atoms with E-state index in [-0.39, 0.29) is 18.9 Å². The molecule has 1 saturated heterocycles. The first-order valence-electron chi connectivity index (χ1n) is 7.27. The molecule has 1 rings (SSSR count). The normalized spacial score (nSPS) is 16.4. The Labute approximate surface area is 125 Å². The van der Waals surface area contributed by atoms with Crippen molar-refractivity contribution in [3.63, 3.8) is 0 Å². The van der Waals surface area contributed by atoms with E-state index in [1.54, 1.807) is 25.7 Å². The summed E-state index contributed by atoms with van der Waals surface area (Å²) in [6.07, 6.45) is 2.30. The summed E-state index contributed by atoms with van der Waals surface area (Å²) in [5.41, 5.74) is -0.589. The van der Waals surface area contributed by atoms with Gasteiger partial charge in [0.15, 0.2) is 0 Å². The minimum absolute atomic E-state index is 0.0263. The molecule has 1 aliphatic heterocycles. The van der Waals surface area contributed by atoms with Gasteiger partial charge in [-0.3, -0.25) is 4.79 Å². The summed E-state index contributed by atoms with van der Waals surface area (Å²) in [4.78, 5) is 36.4. The summed E-state index contributed by atoms with van der Waals surface area (Å²) >= 11 is 0. The second-order valence-electron chi connectivity index (χ2n) is 6.38. The zero-order valence-electron chi connectivity index (χ0n) is 12.9. The lowest BCUT2D eigenvalue weighted by Crippen LogP contribution is -2.52. The molecule has 1 unspecified atom stereocenters. The van der Waals surface area contributed by atoms with Crippen LogP contribution < -0.4 is 10.6 Å². The Hall–Kier alpha value is -1.79. The molecule has 0 bridgehead atoms. The number of carbonyl (C=O) groups is 3. The lowest BCUT2D eigenvalue weighted by atomic mass is 9.87. The monoisotopic (exact) mass is 299 g/mol. The van der Waals surface area contributed by atoms with Crippen molar-refractivity contribution in [2.45, 2.75) is 46.1 Å². The number of amides is 3. The fourth-order valence-electron chi connectivity index (χ4n) is 2.24. The van der Waals surface area contributed by atoms with Crippen LogP contribution >= 0.6 is 0 Å². The Kier molecular flexibility index (Phi) is 5.99. The van der Waals surface area contributed by atoms with Gasteiger partial charge < -0.3 is 20.6 Å². The average molecular weight is 299 g/mol. The van der Waals surface area contributed by atoms with Gasteiger partial charge in [0.25, 0.3) is 0 Å². The molecule has 1 fully saturated rings. The molecule has 21 heavy (non-hydrogen) atoms. The van der Waals surface area contributed by atoms with E-state index < -0.39 is 23.5 Å². The van der Waals surface area contributed by atoms with E-state index in [1.165, 1.54) is 0 Å². The van der Waals surface area contributed by atoms with Crippen LogP contribution in [-0.2, 0) is 9.59 Å². The number of aliphatic carboxylic acids is 1. The van der Waals surface area contributed by atoms with Crippen molar-refractivity contribution in [2.24, 2.45) is 5.41 Å². The standard InChI is InChI=1S/C14H25N3O4/c1-14(2,3)11(12(19)20)16-13(21)15-7-6-10(18)17-8-4-5-9-17/h11H,4-9H2,1-3H3,(H,19,20)(H2,15,16,21). The van der Waals surface area contributed by atoms with Crippen LogP contribution in [0.25, 0.3) is 0 Å². The summed E-state index contributed by atoms with van der Waals surface area (Å²) in [7, 11) is 0. The van der Waals surface area contributed by atoms with Gasteiger partial charge in [0.1, 0.15) is 6.04 Å². The molecular weight excluding hydrogens is 274 g/mol. The van der Waals surface area contributed by atoms with Gasteiger partial charge in [-0.15, -0.1) is 0 Å². The third-order valence-electron chi connectivity index (χ3n) is 3.47. The second kappa shape index (κ2) is 7.28.